The van der Waals surface area contributed by atoms with E-state index in [1.165, 1.54) is 44.7 Å². The molecular weight excluding hydrogens is 458 g/mol. The summed E-state index contributed by atoms with van der Waals surface area (Å²) in [5.41, 5.74) is 1.08. The summed E-state index contributed by atoms with van der Waals surface area (Å²) in [6.07, 6.45) is 3.50. The van der Waals surface area contributed by atoms with Gasteiger partial charge in [-0.05, 0) is 38.1 Å². The van der Waals surface area contributed by atoms with E-state index in [4.69, 9.17) is 4.74 Å². The first-order valence-corrected chi connectivity index (χ1v) is 12.5. The molecule has 0 bridgehead atoms. The number of hydrogen-bond donors (Lipinski definition) is 1. The molecule has 1 amide bonds. The molecule has 3 heterocycles. The Hall–Kier alpha value is -3.09. The second-order valence-electron chi connectivity index (χ2n) is 8.53. The maximum Gasteiger partial charge on any atom is 0.251 e. The monoisotopic (exact) mass is 487 g/mol. The van der Waals surface area contributed by atoms with Gasteiger partial charge >= 0.3 is 0 Å². The van der Waals surface area contributed by atoms with Crippen LogP contribution in [0.3, 0.4) is 0 Å². The number of carbonyl (C=O) groups excluding carboxylic acids is 1. The number of benzene rings is 1. The van der Waals surface area contributed by atoms with Crippen LogP contribution in [0.15, 0.2) is 41.7 Å². The summed E-state index contributed by atoms with van der Waals surface area (Å²) in [5.74, 6) is 0.534. The Morgan fingerprint density at radius 2 is 1.82 bits per heavy atom. The van der Waals surface area contributed by atoms with E-state index < -0.39 is 10.0 Å². The Morgan fingerprint density at radius 1 is 1.15 bits per heavy atom. The lowest BCUT2D eigenvalue weighted by Gasteiger charge is -2.36. The van der Waals surface area contributed by atoms with Crippen LogP contribution < -0.4 is 10.2 Å². The van der Waals surface area contributed by atoms with E-state index in [9.17, 15) is 13.2 Å². The number of nitrogens with one attached hydrogen (secondary N) is 1. The summed E-state index contributed by atoms with van der Waals surface area (Å²) in [7, 11) is -0.611. The Labute approximate surface area is 198 Å². The SMILES string of the molecule is CC1CN(c2ncnc3c2cnn3CCNC(=O)c2ccc(S(=O)(=O)N(C)C)cc2)CC(C)O1. The zero-order chi connectivity index (χ0) is 24.5. The van der Waals surface area contributed by atoms with Crippen molar-refractivity contribution >= 4 is 32.8 Å². The lowest BCUT2D eigenvalue weighted by atomic mass is 10.2. The van der Waals surface area contributed by atoms with Crippen molar-refractivity contribution in [3.63, 3.8) is 0 Å². The normalized spacial score (nSPS) is 19.0. The Balaban J connectivity index is 1.41. The van der Waals surface area contributed by atoms with Gasteiger partial charge < -0.3 is 15.0 Å². The average molecular weight is 488 g/mol. The van der Waals surface area contributed by atoms with E-state index in [-0.39, 0.29) is 23.0 Å². The van der Waals surface area contributed by atoms with Crippen molar-refractivity contribution in [2.45, 2.75) is 37.5 Å². The highest BCUT2D eigenvalue weighted by atomic mass is 32.2. The Morgan fingerprint density at radius 3 is 2.47 bits per heavy atom. The standard InChI is InChI=1S/C22H29N7O4S/c1-15-12-28(13-16(2)33-15)20-19-11-26-29(21(19)25-14-24-20)10-9-23-22(30)17-5-7-18(8-6-17)34(31,32)27(3)4/h5-8,11,14-16H,9-10,12-13H2,1-4H3,(H,23,30). The number of anilines is 1. The fraction of sp³-hybridized carbons (Fsp3) is 0.455. The Kier molecular flexibility index (Phi) is 6.82. The molecule has 1 fully saturated rings. The molecular formula is C22H29N7O4S. The molecule has 0 aliphatic carbocycles. The maximum absolute atomic E-state index is 12.5. The molecule has 11 nitrogen and oxygen atoms in total. The molecule has 1 aliphatic heterocycles. The summed E-state index contributed by atoms with van der Waals surface area (Å²) >= 11 is 0. The van der Waals surface area contributed by atoms with Gasteiger partial charge in [0.1, 0.15) is 12.1 Å². The summed E-state index contributed by atoms with van der Waals surface area (Å²) in [5, 5.41) is 8.14. The van der Waals surface area contributed by atoms with Gasteiger partial charge in [-0.15, -0.1) is 0 Å². The number of hydrogen-bond acceptors (Lipinski definition) is 8. The topological polar surface area (TPSA) is 123 Å². The summed E-state index contributed by atoms with van der Waals surface area (Å²) in [6, 6.07) is 5.85. The van der Waals surface area contributed by atoms with Gasteiger partial charge in [0.15, 0.2) is 5.65 Å². The second kappa shape index (κ2) is 9.65. The predicted octanol–water partition coefficient (Wildman–Crippen LogP) is 1.12. The minimum Gasteiger partial charge on any atom is -0.372 e. The predicted molar refractivity (Wildman–Crippen MR) is 127 cm³/mol. The molecule has 1 N–H and O–H groups in total. The second-order valence-corrected chi connectivity index (χ2v) is 10.7. The summed E-state index contributed by atoms with van der Waals surface area (Å²) in [6.45, 7) is 6.33. The highest BCUT2D eigenvalue weighted by Gasteiger charge is 2.25. The van der Waals surface area contributed by atoms with Gasteiger partial charge in [0, 0.05) is 39.3 Å². The van der Waals surface area contributed by atoms with Crippen LogP contribution >= 0.6 is 0 Å². The molecule has 2 unspecified atom stereocenters. The number of carbonyl (C=O) groups is 1. The number of amides is 1. The van der Waals surface area contributed by atoms with Crippen molar-refractivity contribution in [1.82, 2.24) is 29.4 Å². The molecule has 1 aromatic carbocycles. The van der Waals surface area contributed by atoms with E-state index in [1.807, 2.05) is 13.8 Å². The largest absolute Gasteiger partial charge is 0.372 e. The van der Waals surface area contributed by atoms with Gasteiger partial charge in [-0.3, -0.25) is 4.79 Å². The van der Waals surface area contributed by atoms with Crippen LogP contribution in [0.1, 0.15) is 24.2 Å². The fourth-order valence-corrected chi connectivity index (χ4v) is 4.92. The molecule has 3 aromatic rings. The minimum atomic E-state index is -3.54. The molecule has 2 aromatic heterocycles. The van der Waals surface area contributed by atoms with Crippen LogP contribution in [0.2, 0.25) is 0 Å². The van der Waals surface area contributed by atoms with Crippen LogP contribution in [0, 0.1) is 0 Å². The van der Waals surface area contributed by atoms with Crippen LogP contribution in [0.4, 0.5) is 5.82 Å². The molecule has 0 spiro atoms. The van der Waals surface area contributed by atoms with Crippen LogP contribution in [0.25, 0.3) is 11.0 Å². The van der Waals surface area contributed by atoms with Crippen molar-refractivity contribution in [3.8, 4) is 0 Å². The number of rotatable bonds is 7. The molecule has 182 valence electrons. The molecule has 4 rings (SSSR count). The molecule has 1 saturated heterocycles. The van der Waals surface area contributed by atoms with E-state index in [0.717, 1.165) is 28.6 Å². The van der Waals surface area contributed by atoms with Gasteiger partial charge in [-0.2, -0.15) is 5.10 Å². The minimum absolute atomic E-state index is 0.107. The fourth-order valence-electron chi connectivity index (χ4n) is 4.01. The van der Waals surface area contributed by atoms with Gasteiger partial charge in [-0.25, -0.2) is 27.4 Å². The first-order chi connectivity index (χ1) is 16.2. The highest BCUT2D eigenvalue weighted by molar-refractivity contribution is 7.89. The van der Waals surface area contributed by atoms with Crippen molar-refractivity contribution < 1.29 is 17.9 Å². The van der Waals surface area contributed by atoms with Crippen LogP contribution in [-0.4, -0.2) is 84.3 Å². The molecule has 34 heavy (non-hydrogen) atoms. The average Bonchev–Trinajstić information content (AvgIpc) is 3.21. The zero-order valence-corrected chi connectivity index (χ0v) is 20.5. The van der Waals surface area contributed by atoms with Gasteiger partial charge in [0.25, 0.3) is 5.91 Å². The van der Waals surface area contributed by atoms with Gasteiger partial charge in [-0.1, -0.05) is 0 Å². The highest BCUT2D eigenvalue weighted by Crippen LogP contribution is 2.25. The smallest absolute Gasteiger partial charge is 0.251 e. The number of morpholine rings is 1. The van der Waals surface area contributed by atoms with Crippen molar-refractivity contribution in [1.29, 1.82) is 0 Å². The Bertz CT molecular complexity index is 1260. The van der Waals surface area contributed by atoms with E-state index in [0.29, 0.717) is 24.3 Å². The zero-order valence-electron chi connectivity index (χ0n) is 19.7. The third kappa shape index (κ3) is 4.88. The quantitative estimate of drug-likeness (QED) is 0.526. The van der Waals surface area contributed by atoms with Gasteiger partial charge in [0.2, 0.25) is 10.0 Å². The number of sulfonamides is 1. The first kappa shape index (κ1) is 24.0. The number of aromatic nitrogens is 4. The van der Waals surface area contributed by atoms with Gasteiger partial charge in [0.05, 0.1) is 35.2 Å². The van der Waals surface area contributed by atoms with E-state index in [2.05, 4.69) is 25.3 Å². The third-order valence-corrected chi connectivity index (χ3v) is 7.47. The van der Waals surface area contributed by atoms with Crippen molar-refractivity contribution in [2.24, 2.45) is 0 Å². The third-order valence-electron chi connectivity index (χ3n) is 5.64. The lowest BCUT2D eigenvalue weighted by Crippen LogP contribution is -2.45. The molecule has 2 atom stereocenters. The van der Waals surface area contributed by atoms with E-state index in [1.54, 1.807) is 10.9 Å². The first-order valence-electron chi connectivity index (χ1n) is 11.0. The van der Waals surface area contributed by atoms with Crippen LogP contribution in [-0.2, 0) is 21.3 Å². The summed E-state index contributed by atoms with van der Waals surface area (Å²) < 4.78 is 33.0. The van der Waals surface area contributed by atoms with Crippen molar-refractivity contribution in [2.75, 3.05) is 38.6 Å². The number of ether oxygens (including phenoxy) is 1. The molecule has 0 saturated carbocycles. The molecule has 1 aliphatic rings. The van der Waals surface area contributed by atoms with Crippen LogP contribution in [0.5, 0.6) is 0 Å². The number of fused-ring (bicyclic) bond motifs is 1. The molecule has 12 heteroatoms. The molecule has 0 radical (unpaired) electrons. The maximum atomic E-state index is 12.5. The lowest BCUT2D eigenvalue weighted by molar-refractivity contribution is -0.00537. The van der Waals surface area contributed by atoms with Crippen molar-refractivity contribution in [3.05, 3.63) is 42.4 Å². The summed E-state index contributed by atoms with van der Waals surface area (Å²) in [4.78, 5) is 23.7. The van der Waals surface area contributed by atoms with E-state index >= 15 is 0 Å². The number of nitrogens with zero attached hydrogens (tertiary/aromatic N) is 6.